The predicted molar refractivity (Wildman–Crippen MR) is 136 cm³/mol. The lowest BCUT2D eigenvalue weighted by Crippen LogP contribution is -2.25. The van der Waals surface area contributed by atoms with E-state index >= 15 is 0 Å². The molecule has 0 spiro atoms. The number of rotatable bonds is 6. The fraction of sp³-hybridized carbons (Fsp3) is 0.0345. The van der Waals surface area contributed by atoms with Crippen molar-refractivity contribution in [3.05, 3.63) is 130 Å². The number of aromatic carboxylic acids is 1. The number of nitrogens with zero attached hydrogens (tertiary/aromatic N) is 1. The molecule has 0 fully saturated rings. The van der Waals surface area contributed by atoms with Crippen LogP contribution < -0.4 is 0 Å². The Morgan fingerprint density at radius 2 is 1.66 bits per heavy atom. The van der Waals surface area contributed by atoms with Crippen LogP contribution in [0.4, 0.5) is 0 Å². The third kappa shape index (κ3) is 4.81. The van der Waals surface area contributed by atoms with Crippen LogP contribution in [0.25, 0.3) is 23.1 Å². The zero-order valence-electron chi connectivity index (χ0n) is 18.5. The highest BCUT2D eigenvalue weighted by atomic mass is 35.5. The summed E-state index contributed by atoms with van der Waals surface area (Å²) < 4.78 is 5.97. The van der Waals surface area contributed by atoms with E-state index < -0.39 is 5.97 Å². The Morgan fingerprint density at radius 3 is 2.37 bits per heavy atom. The summed E-state index contributed by atoms with van der Waals surface area (Å²) in [4.78, 5) is 26.3. The first-order valence-electron chi connectivity index (χ1n) is 11.0. The minimum atomic E-state index is -0.987. The van der Waals surface area contributed by atoms with Crippen LogP contribution in [0, 0.1) is 0 Å². The van der Waals surface area contributed by atoms with E-state index in [9.17, 15) is 9.59 Å². The molecule has 1 aromatic heterocycles. The summed E-state index contributed by atoms with van der Waals surface area (Å²) >= 11 is 6.10. The van der Waals surface area contributed by atoms with Crippen molar-refractivity contribution in [2.45, 2.75) is 6.54 Å². The van der Waals surface area contributed by atoms with Crippen LogP contribution >= 0.6 is 11.6 Å². The van der Waals surface area contributed by atoms with Crippen LogP contribution in [0.2, 0.25) is 5.02 Å². The summed E-state index contributed by atoms with van der Waals surface area (Å²) in [6.45, 7) is 0.308. The number of halogens is 1. The van der Waals surface area contributed by atoms with Crippen molar-refractivity contribution >= 4 is 35.3 Å². The van der Waals surface area contributed by atoms with E-state index in [4.69, 9.17) is 21.1 Å². The minimum Gasteiger partial charge on any atom is -0.478 e. The summed E-state index contributed by atoms with van der Waals surface area (Å²) in [5.74, 6) is 0.0680. The standard InChI is InChI=1S/C29H20ClNO4/c30-24-8-4-7-22(15-24)27-14-13-25(35-27)16-23-17-26(20-5-2-1-3-6-20)31(28(23)32)18-19-9-11-21(12-10-19)29(33)34/h1-17H,18H2,(H,33,34)/b23-16+. The van der Waals surface area contributed by atoms with Gasteiger partial charge in [0.15, 0.2) is 0 Å². The molecule has 2 heterocycles. The third-order valence-electron chi connectivity index (χ3n) is 5.72. The summed E-state index contributed by atoms with van der Waals surface area (Å²) in [5, 5.41) is 9.78. The van der Waals surface area contributed by atoms with Gasteiger partial charge in [-0.1, -0.05) is 66.2 Å². The van der Waals surface area contributed by atoms with Gasteiger partial charge in [-0.05, 0) is 59.7 Å². The first-order valence-corrected chi connectivity index (χ1v) is 11.3. The number of carbonyl (C=O) groups excluding carboxylic acids is 1. The molecule has 4 aromatic rings. The zero-order chi connectivity index (χ0) is 24.4. The van der Waals surface area contributed by atoms with Gasteiger partial charge in [-0.25, -0.2) is 4.79 Å². The Labute approximate surface area is 207 Å². The Morgan fingerprint density at radius 1 is 0.914 bits per heavy atom. The number of hydrogen-bond donors (Lipinski definition) is 1. The van der Waals surface area contributed by atoms with Crippen LogP contribution in [0.1, 0.15) is 27.2 Å². The fourth-order valence-electron chi connectivity index (χ4n) is 3.98. The van der Waals surface area contributed by atoms with Crippen LogP contribution in [-0.4, -0.2) is 21.9 Å². The number of benzene rings is 3. The summed E-state index contributed by atoms with van der Waals surface area (Å²) in [6, 6.07) is 27.3. The second-order valence-corrected chi connectivity index (χ2v) is 8.54. The van der Waals surface area contributed by atoms with Crippen molar-refractivity contribution in [1.82, 2.24) is 4.90 Å². The third-order valence-corrected chi connectivity index (χ3v) is 5.96. The lowest BCUT2D eigenvalue weighted by molar-refractivity contribution is -0.123. The molecule has 1 N–H and O–H groups in total. The van der Waals surface area contributed by atoms with Gasteiger partial charge >= 0.3 is 5.97 Å². The smallest absolute Gasteiger partial charge is 0.335 e. The molecular weight excluding hydrogens is 462 g/mol. The second kappa shape index (κ2) is 9.49. The quantitative estimate of drug-likeness (QED) is 0.309. The molecule has 35 heavy (non-hydrogen) atoms. The second-order valence-electron chi connectivity index (χ2n) is 8.10. The van der Waals surface area contributed by atoms with Crippen LogP contribution in [0.5, 0.6) is 0 Å². The molecule has 0 unspecified atom stereocenters. The number of carbonyl (C=O) groups is 2. The largest absolute Gasteiger partial charge is 0.478 e. The Kier molecular flexibility index (Phi) is 6.08. The van der Waals surface area contributed by atoms with Crippen LogP contribution in [-0.2, 0) is 11.3 Å². The SMILES string of the molecule is O=C(O)c1ccc(CN2C(=O)/C(=C/c3ccc(-c4cccc(Cl)c4)o3)C=C2c2ccccc2)cc1. The van der Waals surface area contributed by atoms with Crippen molar-refractivity contribution in [3.63, 3.8) is 0 Å². The van der Waals surface area contributed by atoms with Gasteiger partial charge in [-0.2, -0.15) is 0 Å². The van der Waals surface area contributed by atoms with Gasteiger partial charge in [0, 0.05) is 16.2 Å². The molecule has 1 aliphatic heterocycles. The normalized spacial score (nSPS) is 14.4. The molecule has 5 nitrogen and oxygen atoms in total. The van der Waals surface area contributed by atoms with Crippen LogP contribution in [0.3, 0.4) is 0 Å². The number of hydrogen-bond acceptors (Lipinski definition) is 3. The van der Waals surface area contributed by atoms with Gasteiger partial charge in [-0.3, -0.25) is 4.79 Å². The molecule has 0 saturated heterocycles. The van der Waals surface area contributed by atoms with Gasteiger partial charge in [-0.15, -0.1) is 0 Å². The lowest BCUT2D eigenvalue weighted by Gasteiger charge is -2.21. The molecule has 0 aliphatic carbocycles. The van der Waals surface area contributed by atoms with Gasteiger partial charge in [0.25, 0.3) is 5.91 Å². The number of amides is 1. The highest BCUT2D eigenvalue weighted by molar-refractivity contribution is 6.30. The van der Waals surface area contributed by atoms with Gasteiger partial charge < -0.3 is 14.4 Å². The lowest BCUT2D eigenvalue weighted by atomic mass is 10.1. The minimum absolute atomic E-state index is 0.160. The van der Waals surface area contributed by atoms with Crippen molar-refractivity contribution < 1.29 is 19.1 Å². The molecule has 172 valence electrons. The summed E-state index contributed by atoms with van der Waals surface area (Å²) in [6.07, 6.45) is 3.58. The topological polar surface area (TPSA) is 70.8 Å². The predicted octanol–water partition coefficient (Wildman–Crippen LogP) is 6.77. The highest BCUT2D eigenvalue weighted by Crippen LogP contribution is 2.33. The van der Waals surface area contributed by atoms with Crippen molar-refractivity contribution in [3.8, 4) is 11.3 Å². The first kappa shape index (κ1) is 22.4. The van der Waals surface area contributed by atoms with E-state index in [-0.39, 0.29) is 11.5 Å². The van der Waals surface area contributed by atoms with E-state index in [0.717, 1.165) is 22.4 Å². The Bertz CT molecular complexity index is 1470. The molecule has 1 aliphatic rings. The molecule has 0 radical (unpaired) electrons. The average Bonchev–Trinajstić information content (AvgIpc) is 3.46. The highest BCUT2D eigenvalue weighted by Gasteiger charge is 2.29. The molecule has 0 atom stereocenters. The number of carboxylic acid groups (broad SMARTS) is 1. The maximum Gasteiger partial charge on any atom is 0.335 e. The molecule has 5 rings (SSSR count). The fourth-order valence-corrected chi connectivity index (χ4v) is 4.17. The van der Waals surface area contributed by atoms with E-state index in [1.807, 2.05) is 66.7 Å². The van der Waals surface area contributed by atoms with E-state index in [1.54, 1.807) is 41.3 Å². The monoisotopic (exact) mass is 481 g/mol. The maximum absolute atomic E-state index is 13.4. The molecule has 6 heteroatoms. The van der Waals surface area contributed by atoms with Crippen molar-refractivity contribution in [1.29, 1.82) is 0 Å². The molecule has 0 bridgehead atoms. The van der Waals surface area contributed by atoms with Crippen molar-refractivity contribution in [2.24, 2.45) is 0 Å². The Hall–Kier alpha value is -4.35. The average molecular weight is 482 g/mol. The maximum atomic E-state index is 13.4. The van der Waals surface area contributed by atoms with Crippen molar-refractivity contribution in [2.75, 3.05) is 0 Å². The van der Waals surface area contributed by atoms with Gasteiger partial charge in [0.1, 0.15) is 11.5 Å². The van der Waals surface area contributed by atoms with Gasteiger partial charge in [0.2, 0.25) is 0 Å². The van der Waals surface area contributed by atoms with E-state index in [0.29, 0.717) is 28.7 Å². The number of furan rings is 1. The van der Waals surface area contributed by atoms with E-state index in [2.05, 4.69) is 0 Å². The summed E-state index contributed by atoms with van der Waals surface area (Å²) in [5.41, 5.74) is 4.06. The van der Waals surface area contributed by atoms with Crippen LogP contribution in [0.15, 0.2) is 107 Å². The Balaban J connectivity index is 1.47. The van der Waals surface area contributed by atoms with Gasteiger partial charge in [0.05, 0.1) is 17.8 Å². The summed E-state index contributed by atoms with van der Waals surface area (Å²) in [7, 11) is 0. The van der Waals surface area contributed by atoms with E-state index in [1.165, 1.54) is 0 Å². The number of carboxylic acids is 1. The molecule has 1 amide bonds. The molecule has 3 aromatic carbocycles. The zero-order valence-corrected chi connectivity index (χ0v) is 19.3. The molecular formula is C29H20ClNO4. The first-order chi connectivity index (χ1) is 17.0. The molecule has 0 saturated carbocycles.